The van der Waals surface area contributed by atoms with Crippen LogP contribution >= 0.6 is 0 Å². The van der Waals surface area contributed by atoms with Crippen LogP contribution in [0.2, 0.25) is 0 Å². The van der Waals surface area contributed by atoms with Crippen LogP contribution in [0.4, 0.5) is 5.69 Å². The van der Waals surface area contributed by atoms with E-state index < -0.39 is 10.0 Å². The molecule has 0 aliphatic heterocycles. The molecule has 0 aliphatic rings. The quantitative estimate of drug-likeness (QED) is 0.643. The van der Waals surface area contributed by atoms with Crippen LogP contribution in [0.3, 0.4) is 0 Å². The van der Waals surface area contributed by atoms with Crippen LogP contribution in [-0.4, -0.2) is 18.6 Å². The van der Waals surface area contributed by atoms with Crippen LogP contribution in [0, 0.1) is 11.3 Å². The van der Waals surface area contributed by atoms with Gasteiger partial charge in [0.1, 0.15) is 5.76 Å². The highest BCUT2D eigenvalue weighted by Gasteiger charge is 2.26. The normalized spacial score (nSPS) is 11.2. The lowest BCUT2D eigenvalue weighted by Crippen LogP contribution is -2.30. The summed E-state index contributed by atoms with van der Waals surface area (Å²) >= 11 is 0. The summed E-state index contributed by atoms with van der Waals surface area (Å²) in [5, 5.41) is 11.9. The van der Waals surface area contributed by atoms with Crippen LogP contribution in [0.5, 0.6) is 0 Å². The summed E-state index contributed by atoms with van der Waals surface area (Å²) in [6.07, 6.45) is 1.48. The molecular weight excluding hydrogens is 390 g/mol. The largest absolute Gasteiger partial charge is 0.468 e. The summed E-state index contributed by atoms with van der Waals surface area (Å²) in [5.41, 5.74) is 1.51. The molecular formula is C21H19N3O4S. The van der Waals surface area contributed by atoms with Crippen molar-refractivity contribution in [3.8, 4) is 6.07 Å². The summed E-state index contributed by atoms with van der Waals surface area (Å²) in [4.78, 5) is 11.2. The molecule has 1 amide bonds. The average molecular weight is 409 g/mol. The Balaban J connectivity index is 1.95. The number of furan rings is 1. The van der Waals surface area contributed by atoms with Crippen molar-refractivity contribution in [1.29, 1.82) is 5.26 Å². The highest BCUT2D eigenvalue weighted by molar-refractivity contribution is 7.89. The van der Waals surface area contributed by atoms with Crippen LogP contribution in [0.25, 0.3) is 0 Å². The lowest BCUT2D eigenvalue weighted by Gasteiger charge is -2.22. The number of nitrogens with one attached hydrogen (secondary N) is 1. The zero-order valence-electron chi connectivity index (χ0n) is 15.7. The van der Waals surface area contributed by atoms with Gasteiger partial charge >= 0.3 is 0 Å². The van der Waals surface area contributed by atoms with Gasteiger partial charge in [-0.05, 0) is 48.0 Å². The maximum atomic E-state index is 13.3. The van der Waals surface area contributed by atoms with Gasteiger partial charge in [0.25, 0.3) is 0 Å². The Kier molecular flexibility index (Phi) is 6.12. The van der Waals surface area contributed by atoms with Gasteiger partial charge in [0, 0.05) is 19.2 Å². The molecule has 2 aromatic carbocycles. The van der Waals surface area contributed by atoms with Crippen molar-refractivity contribution < 1.29 is 17.6 Å². The van der Waals surface area contributed by atoms with Gasteiger partial charge in [0.05, 0.1) is 29.3 Å². The third-order valence-corrected chi connectivity index (χ3v) is 6.02. The van der Waals surface area contributed by atoms with E-state index in [0.717, 1.165) is 0 Å². The summed E-state index contributed by atoms with van der Waals surface area (Å²) < 4.78 is 33.2. The van der Waals surface area contributed by atoms with Crippen LogP contribution < -0.4 is 5.32 Å². The number of carbonyl (C=O) groups excluding carboxylic acids is 1. The molecule has 3 rings (SSSR count). The van der Waals surface area contributed by atoms with E-state index in [2.05, 4.69) is 11.4 Å². The molecule has 0 bridgehead atoms. The summed E-state index contributed by atoms with van der Waals surface area (Å²) in [7, 11) is -3.89. The van der Waals surface area contributed by atoms with Gasteiger partial charge in [0.2, 0.25) is 15.9 Å². The van der Waals surface area contributed by atoms with E-state index in [0.29, 0.717) is 22.6 Å². The summed E-state index contributed by atoms with van der Waals surface area (Å²) in [6, 6.07) is 18.3. The van der Waals surface area contributed by atoms with Crippen molar-refractivity contribution in [2.75, 3.05) is 5.32 Å². The first kappa shape index (κ1) is 20.3. The Labute approximate surface area is 169 Å². The standard InChI is InChI=1S/C21H19N3O4S/c1-16(25)23-19-8-10-21(11-9-19)29(26,27)24(15-20-7-4-12-28-20)14-18-6-3-2-5-17(18)13-22/h2-12H,14-15H2,1H3,(H,23,25). The highest BCUT2D eigenvalue weighted by Crippen LogP contribution is 2.24. The minimum absolute atomic E-state index is 0.0141. The Hall–Kier alpha value is -3.41. The SMILES string of the molecule is CC(=O)Nc1ccc(S(=O)(=O)N(Cc2ccco2)Cc2ccccc2C#N)cc1. The van der Waals surface area contributed by atoms with E-state index in [4.69, 9.17) is 4.42 Å². The molecule has 1 aromatic heterocycles. The number of amides is 1. The van der Waals surface area contributed by atoms with E-state index in [1.165, 1.54) is 41.8 Å². The number of hydrogen-bond donors (Lipinski definition) is 1. The van der Waals surface area contributed by atoms with Crippen molar-refractivity contribution in [1.82, 2.24) is 4.31 Å². The number of hydrogen-bond acceptors (Lipinski definition) is 5. The van der Waals surface area contributed by atoms with E-state index in [-0.39, 0.29) is 23.9 Å². The van der Waals surface area contributed by atoms with Gasteiger partial charge in [-0.2, -0.15) is 9.57 Å². The van der Waals surface area contributed by atoms with E-state index in [9.17, 15) is 18.5 Å². The first-order chi connectivity index (χ1) is 13.9. The Morgan fingerprint density at radius 3 is 2.41 bits per heavy atom. The second kappa shape index (κ2) is 8.73. The highest BCUT2D eigenvalue weighted by atomic mass is 32.2. The van der Waals surface area contributed by atoms with E-state index >= 15 is 0 Å². The molecule has 148 valence electrons. The number of nitrogens with zero attached hydrogens (tertiary/aromatic N) is 2. The second-order valence-electron chi connectivity index (χ2n) is 6.33. The first-order valence-electron chi connectivity index (χ1n) is 8.78. The Morgan fingerprint density at radius 1 is 1.07 bits per heavy atom. The fourth-order valence-electron chi connectivity index (χ4n) is 2.82. The minimum Gasteiger partial charge on any atom is -0.468 e. The van der Waals surface area contributed by atoms with Crippen LogP contribution in [-0.2, 0) is 27.9 Å². The van der Waals surface area contributed by atoms with Gasteiger partial charge in [-0.1, -0.05) is 18.2 Å². The third-order valence-electron chi connectivity index (χ3n) is 4.21. The number of carbonyl (C=O) groups is 1. The lowest BCUT2D eigenvalue weighted by atomic mass is 10.1. The van der Waals surface area contributed by atoms with Gasteiger partial charge < -0.3 is 9.73 Å². The monoisotopic (exact) mass is 409 g/mol. The van der Waals surface area contributed by atoms with E-state index in [1.54, 1.807) is 36.4 Å². The molecule has 29 heavy (non-hydrogen) atoms. The molecule has 0 atom stereocenters. The molecule has 0 spiro atoms. The predicted molar refractivity (Wildman–Crippen MR) is 107 cm³/mol. The predicted octanol–water partition coefficient (Wildman–Crippen LogP) is 3.50. The van der Waals surface area contributed by atoms with Gasteiger partial charge in [0.15, 0.2) is 0 Å². The number of anilines is 1. The first-order valence-corrected chi connectivity index (χ1v) is 10.2. The molecule has 0 unspecified atom stereocenters. The molecule has 7 nitrogen and oxygen atoms in total. The Bertz CT molecular complexity index is 1130. The smallest absolute Gasteiger partial charge is 0.243 e. The third kappa shape index (κ3) is 4.90. The van der Waals surface area contributed by atoms with Gasteiger partial charge in [-0.3, -0.25) is 4.79 Å². The molecule has 8 heteroatoms. The number of rotatable bonds is 7. The van der Waals surface area contributed by atoms with E-state index in [1.807, 2.05) is 0 Å². The molecule has 1 heterocycles. The summed E-state index contributed by atoms with van der Waals surface area (Å²) in [5.74, 6) is 0.242. The molecule has 0 aliphatic carbocycles. The fraction of sp³-hybridized carbons (Fsp3) is 0.143. The molecule has 0 saturated carbocycles. The molecule has 0 fully saturated rings. The molecule has 0 radical (unpaired) electrons. The zero-order valence-corrected chi connectivity index (χ0v) is 16.5. The van der Waals surface area contributed by atoms with Gasteiger partial charge in [-0.15, -0.1) is 0 Å². The number of sulfonamides is 1. The minimum atomic E-state index is -3.89. The van der Waals surface area contributed by atoms with Crippen LogP contribution in [0.15, 0.2) is 76.2 Å². The maximum Gasteiger partial charge on any atom is 0.243 e. The average Bonchev–Trinajstić information content (AvgIpc) is 3.21. The molecule has 1 N–H and O–H groups in total. The van der Waals surface area contributed by atoms with Crippen LogP contribution in [0.1, 0.15) is 23.8 Å². The lowest BCUT2D eigenvalue weighted by molar-refractivity contribution is -0.114. The topological polar surface area (TPSA) is 103 Å². The van der Waals surface area contributed by atoms with Gasteiger partial charge in [-0.25, -0.2) is 8.42 Å². The van der Waals surface area contributed by atoms with Crippen molar-refractivity contribution in [3.05, 3.63) is 83.8 Å². The van der Waals surface area contributed by atoms with Crippen molar-refractivity contribution in [2.45, 2.75) is 24.9 Å². The molecule has 3 aromatic rings. The fourth-order valence-corrected chi connectivity index (χ4v) is 4.21. The van der Waals surface area contributed by atoms with Crippen molar-refractivity contribution >= 4 is 21.6 Å². The Morgan fingerprint density at radius 2 is 1.79 bits per heavy atom. The second-order valence-corrected chi connectivity index (χ2v) is 8.26. The van der Waals surface area contributed by atoms with Crippen molar-refractivity contribution in [2.24, 2.45) is 0 Å². The zero-order chi connectivity index (χ0) is 20.9. The number of nitriles is 1. The molecule has 0 saturated heterocycles. The number of benzene rings is 2. The maximum absolute atomic E-state index is 13.3. The van der Waals surface area contributed by atoms with Crippen molar-refractivity contribution in [3.63, 3.8) is 0 Å². The summed E-state index contributed by atoms with van der Waals surface area (Å²) in [6.45, 7) is 1.41.